The molecule has 46 valence electrons. The van der Waals surface area contributed by atoms with Gasteiger partial charge in [-0.25, -0.2) is 0 Å². The first-order chi connectivity index (χ1) is 3.80. The summed E-state index contributed by atoms with van der Waals surface area (Å²) in [5.41, 5.74) is 0. The van der Waals surface area contributed by atoms with Gasteiger partial charge in [0.05, 0.1) is 0 Å². The van der Waals surface area contributed by atoms with E-state index in [0.29, 0.717) is 0 Å². The number of halogens is 1. The Labute approximate surface area is 57.0 Å². The highest BCUT2D eigenvalue weighted by atomic mass is 79.9. The average Bonchev–Trinajstić information content (AvgIpc) is 2.12. The Morgan fingerprint density at radius 2 is 1.88 bits per heavy atom. The van der Waals surface area contributed by atoms with Crippen LogP contribution >= 0.6 is 15.9 Å². The monoisotopic (exact) mass is 177 g/mol. The molecule has 0 atom stereocenters. The number of carbonyl (C=O) groups excluding carboxylic acids is 1. The molecule has 8 heavy (non-hydrogen) atoms. The SMILES string of the molecule is O=C(Br)N1CCCC1. The van der Waals surface area contributed by atoms with Gasteiger partial charge in [0.25, 0.3) is 4.82 Å². The molecule has 1 aliphatic rings. The van der Waals surface area contributed by atoms with Gasteiger partial charge in [-0.3, -0.25) is 4.79 Å². The molecule has 1 heterocycles. The Hall–Kier alpha value is -0.0500. The molecule has 0 unspecified atom stereocenters. The Bertz CT molecular complexity index is 98.6. The van der Waals surface area contributed by atoms with Crippen molar-refractivity contribution in [2.75, 3.05) is 13.1 Å². The van der Waals surface area contributed by atoms with Crippen LogP contribution in [-0.4, -0.2) is 22.8 Å². The minimum absolute atomic E-state index is 0.0370. The summed E-state index contributed by atoms with van der Waals surface area (Å²) >= 11 is 2.89. The fraction of sp³-hybridized carbons (Fsp3) is 0.800. The molecule has 0 aromatic carbocycles. The van der Waals surface area contributed by atoms with E-state index in [4.69, 9.17) is 0 Å². The molecule has 0 aromatic rings. The Morgan fingerprint density at radius 3 is 2.12 bits per heavy atom. The third kappa shape index (κ3) is 1.22. The highest BCUT2D eigenvalue weighted by molar-refractivity contribution is 9.18. The number of nitrogens with zero attached hydrogens (tertiary/aromatic N) is 1. The van der Waals surface area contributed by atoms with E-state index in [1.165, 1.54) is 0 Å². The molecule has 0 saturated carbocycles. The van der Waals surface area contributed by atoms with E-state index in [2.05, 4.69) is 15.9 Å². The van der Waals surface area contributed by atoms with Gasteiger partial charge in [-0.15, -0.1) is 0 Å². The summed E-state index contributed by atoms with van der Waals surface area (Å²) in [5, 5.41) is 0. The number of carbonyl (C=O) groups is 1. The van der Waals surface area contributed by atoms with Gasteiger partial charge in [0.2, 0.25) is 0 Å². The van der Waals surface area contributed by atoms with E-state index in [1.807, 2.05) is 0 Å². The minimum atomic E-state index is 0.0370. The van der Waals surface area contributed by atoms with Crippen molar-refractivity contribution in [1.29, 1.82) is 0 Å². The van der Waals surface area contributed by atoms with Crippen molar-refractivity contribution in [3.63, 3.8) is 0 Å². The van der Waals surface area contributed by atoms with Crippen LogP contribution in [0.2, 0.25) is 0 Å². The predicted molar refractivity (Wildman–Crippen MR) is 35.1 cm³/mol. The molecule has 1 amide bonds. The van der Waals surface area contributed by atoms with Crippen molar-refractivity contribution in [2.45, 2.75) is 12.8 Å². The second-order valence-electron chi connectivity index (χ2n) is 1.95. The lowest BCUT2D eigenvalue weighted by Crippen LogP contribution is -2.20. The van der Waals surface area contributed by atoms with E-state index in [1.54, 1.807) is 4.90 Å². The first kappa shape index (κ1) is 6.08. The lowest BCUT2D eigenvalue weighted by molar-refractivity contribution is 0.235. The average molecular weight is 178 g/mol. The van der Waals surface area contributed by atoms with Crippen molar-refractivity contribution in [1.82, 2.24) is 4.90 Å². The van der Waals surface area contributed by atoms with E-state index >= 15 is 0 Å². The van der Waals surface area contributed by atoms with Crippen LogP contribution < -0.4 is 0 Å². The molecule has 1 aliphatic heterocycles. The first-order valence-corrected chi connectivity index (χ1v) is 3.54. The van der Waals surface area contributed by atoms with Gasteiger partial charge < -0.3 is 4.90 Å². The minimum Gasteiger partial charge on any atom is -0.333 e. The molecular formula is C5H8BrNO. The second kappa shape index (κ2) is 2.49. The normalized spacial score (nSPS) is 19.4. The molecule has 1 fully saturated rings. The van der Waals surface area contributed by atoms with Crippen molar-refractivity contribution < 1.29 is 4.79 Å². The van der Waals surface area contributed by atoms with Crippen LogP contribution in [0.15, 0.2) is 0 Å². The summed E-state index contributed by atoms with van der Waals surface area (Å²) in [5.74, 6) is 0. The van der Waals surface area contributed by atoms with Crippen molar-refractivity contribution in [3.05, 3.63) is 0 Å². The zero-order valence-electron chi connectivity index (χ0n) is 4.56. The zero-order chi connectivity index (χ0) is 5.98. The number of likely N-dealkylation sites (tertiary alicyclic amines) is 1. The van der Waals surface area contributed by atoms with Gasteiger partial charge in [-0.2, -0.15) is 0 Å². The van der Waals surface area contributed by atoms with E-state index in [-0.39, 0.29) is 4.82 Å². The molecule has 0 radical (unpaired) electrons. The topological polar surface area (TPSA) is 20.3 Å². The molecule has 0 aliphatic carbocycles. The van der Waals surface area contributed by atoms with Crippen LogP contribution in [0.3, 0.4) is 0 Å². The second-order valence-corrected chi connectivity index (χ2v) is 2.63. The number of rotatable bonds is 0. The van der Waals surface area contributed by atoms with Gasteiger partial charge in [0, 0.05) is 29.0 Å². The maximum absolute atomic E-state index is 10.5. The third-order valence-electron chi connectivity index (χ3n) is 1.35. The molecule has 1 rings (SSSR count). The molecule has 1 saturated heterocycles. The van der Waals surface area contributed by atoms with Gasteiger partial charge >= 0.3 is 0 Å². The zero-order valence-corrected chi connectivity index (χ0v) is 6.15. The molecule has 0 spiro atoms. The van der Waals surface area contributed by atoms with E-state index in [9.17, 15) is 4.79 Å². The smallest absolute Gasteiger partial charge is 0.289 e. The highest BCUT2D eigenvalue weighted by Gasteiger charge is 2.13. The lowest BCUT2D eigenvalue weighted by atomic mass is 10.4. The van der Waals surface area contributed by atoms with Crippen LogP contribution in [0.25, 0.3) is 0 Å². The maximum Gasteiger partial charge on any atom is 0.289 e. The quantitative estimate of drug-likeness (QED) is 0.407. The Balaban J connectivity index is 2.35. The molecule has 0 N–H and O–H groups in total. The number of hydrogen-bond acceptors (Lipinski definition) is 1. The highest BCUT2D eigenvalue weighted by Crippen LogP contribution is 2.10. The fourth-order valence-electron chi connectivity index (χ4n) is 0.893. The van der Waals surface area contributed by atoms with Gasteiger partial charge in [-0.1, -0.05) is 0 Å². The summed E-state index contributed by atoms with van der Waals surface area (Å²) in [6, 6.07) is 0. The molecular weight excluding hydrogens is 170 g/mol. The first-order valence-electron chi connectivity index (χ1n) is 2.75. The van der Waals surface area contributed by atoms with Crippen LogP contribution in [0.4, 0.5) is 4.79 Å². The summed E-state index contributed by atoms with van der Waals surface area (Å²) in [7, 11) is 0. The van der Waals surface area contributed by atoms with Gasteiger partial charge in [0.1, 0.15) is 0 Å². The standard InChI is InChI=1S/C5H8BrNO/c6-5(8)7-3-1-2-4-7/h1-4H2. The van der Waals surface area contributed by atoms with Crippen LogP contribution in [0, 0.1) is 0 Å². The van der Waals surface area contributed by atoms with Crippen molar-refractivity contribution >= 4 is 20.7 Å². The van der Waals surface area contributed by atoms with Gasteiger partial charge in [0.15, 0.2) is 0 Å². The third-order valence-corrected chi connectivity index (χ3v) is 1.86. The summed E-state index contributed by atoms with van der Waals surface area (Å²) in [4.78, 5) is 12.3. The largest absolute Gasteiger partial charge is 0.333 e. The van der Waals surface area contributed by atoms with Crippen molar-refractivity contribution in [3.8, 4) is 0 Å². The Morgan fingerprint density at radius 1 is 1.38 bits per heavy atom. The fourth-order valence-corrected chi connectivity index (χ4v) is 1.25. The van der Waals surface area contributed by atoms with Crippen LogP contribution in [0.1, 0.15) is 12.8 Å². The van der Waals surface area contributed by atoms with Crippen LogP contribution in [0.5, 0.6) is 0 Å². The van der Waals surface area contributed by atoms with E-state index < -0.39 is 0 Å². The van der Waals surface area contributed by atoms with Crippen molar-refractivity contribution in [2.24, 2.45) is 0 Å². The molecule has 2 nitrogen and oxygen atoms in total. The summed E-state index contributed by atoms with van der Waals surface area (Å²) in [6.07, 6.45) is 2.33. The Kier molecular flexibility index (Phi) is 1.89. The predicted octanol–water partition coefficient (Wildman–Crippen LogP) is 1.60. The summed E-state index contributed by atoms with van der Waals surface area (Å²) < 4.78 is 0. The van der Waals surface area contributed by atoms with Crippen LogP contribution in [-0.2, 0) is 0 Å². The van der Waals surface area contributed by atoms with E-state index in [0.717, 1.165) is 25.9 Å². The summed E-state index contributed by atoms with van der Waals surface area (Å²) in [6.45, 7) is 1.87. The molecule has 0 aromatic heterocycles. The van der Waals surface area contributed by atoms with Gasteiger partial charge in [-0.05, 0) is 12.8 Å². The maximum atomic E-state index is 10.5. The molecule has 0 bridgehead atoms. The number of amides is 1. The lowest BCUT2D eigenvalue weighted by Gasteiger charge is -2.08. The number of hydrogen-bond donors (Lipinski definition) is 0. The molecule has 3 heteroatoms.